The maximum atomic E-state index is 12.1. The summed E-state index contributed by atoms with van der Waals surface area (Å²) in [4.78, 5) is 35.8. The maximum absolute atomic E-state index is 12.1. The van der Waals surface area contributed by atoms with Crippen LogP contribution in [0.3, 0.4) is 0 Å². The summed E-state index contributed by atoms with van der Waals surface area (Å²) in [5, 5.41) is 5.38. The molecule has 1 aromatic carbocycles. The van der Waals surface area contributed by atoms with Gasteiger partial charge in [0, 0.05) is 6.54 Å². The van der Waals surface area contributed by atoms with Crippen molar-refractivity contribution in [2.75, 3.05) is 6.54 Å². The number of ketones is 1. The van der Waals surface area contributed by atoms with Gasteiger partial charge in [0.15, 0.2) is 0 Å². The molecule has 1 atom stereocenters. The highest BCUT2D eigenvalue weighted by molar-refractivity contribution is 6.40. The summed E-state index contributed by atoms with van der Waals surface area (Å²) < 4.78 is 0. The molecule has 118 valence electrons. The zero-order chi connectivity index (χ0) is 16.3. The van der Waals surface area contributed by atoms with Crippen LogP contribution in [-0.2, 0) is 9.59 Å². The summed E-state index contributed by atoms with van der Waals surface area (Å²) in [5.41, 5.74) is 0.0869. The fourth-order valence-electron chi connectivity index (χ4n) is 1.89. The smallest absolute Gasteiger partial charge is 0.289 e. The van der Waals surface area contributed by atoms with E-state index in [0.717, 1.165) is 12.8 Å². The maximum Gasteiger partial charge on any atom is 0.289 e. The van der Waals surface area contributed by atoms with Crippen molar-refractivity contribution in [3.05, 3.63) is 33.8 Å². The SMILES string of the molecule is CC(NC(=O)c1c(Cl)cccc1Cl)C(=O)C(=O)NCC1CC1. The van der Waals surface area contributed by atoms with Crippen LogP contribution in [0.15, 0.2) is 18.2 Å². The molecule has 2 N–H and O–H groups in total. The van der Waals surface area contributed by atoms with Gasteiger partial charge in [-0.2, -0.15) is 0 Å². The fourth-order valence-corrected chi connectivity index (χ4v) is 2.46. The molecule has 5 nitrogen and oxygen atoms in total. The van der Waals surface area contributed by atoms with Crippen molar-refractivity contribution in [1.29, 1.82) is 0 Å². The first kappa shape index (κ1) is 16.8. The van der Waals surface area contributed by atoms with Crippen LogP contribution in [0.2, 0.25) is 10.0 Å². The quantitative estimate of drug-likeness (QED) is 0.778. The lowest BCUT2D eigenvalue weighted by molar-refractivity contribution is -0.138. The van der Waals surface area contributed by atoms with Crippen LogP contribution in [0.25, 0.3) is 0 Å². The van der Waals surface area contributed by atoms with Gasteiger partial charge in [-0.3, -0.25) is 14.4 Å². The van der Waals surface area contributed by atoms with Crippen molar-refractivity contribution in [3.63, 3.8) is 0 Å². The normalized spacial score (nSPS) is 15.0. The summed E-state index contributed by atoms with van der Waals surface area (Å²) in [6, 6.07) is 3.70. The Bertz CT molecular complexity index is 595. The Balaban J connectivity index is 1.95. The number of carbonyl (C=O) groups is 3. The molecule has 2 rings (SSSR count). The third kappa shape index (κ3) is 4.21. The molecule has 0 spiro atoms. The van der Waals surface area contributed by atoms with Gasteiger partial charge in [0.1, 0.15) is 0 Å². The molecule has 1 aromatic rings. The van der Waals surface area contributed by atoms with E-state index in [4.69, 9.17) is 23.2 Å². The molecule has 7 heteroatoms. The van der Waals surface area contributed by atoms with E-state index in [1.165, 1.54) is 19.1 Å². The van der Waals surface area contributed by atoms with Crippen LogP contribution in [0.1, 0.15) is 30.1 Å². The van der Waals surface area contributed by atoms with Crippen LogP contribution in [-0.4, -0.2) is 30.2 Å². The van der Waals surface area contributed by atoms with E-state index in [1.54, 1.807) is 6.07 Å². The van der Waals surface area contributed by atoms with E-state index in [1.807, 2.05) is 0 Å². The molecular formula is C15H16Cl2N2O3. The predicted molar refractivity (Wildman–Crippen MR) is 84.1 cm³/mol. The number of rotatable bonds is 6. The second-order valence-corrected chi connectivity index (χ2v) is 6.12. The van der Waals surface area contributed by atoms with Gasteiger partial charge in [-0.25, -0.2) is 0 Å². The number of benzene rings is 1. The topological polar surface area (TPSA) is 75.3 Å². The summed E-state index contributed by atoms with van der Waals surface area (Å²) in [6.45, 7) is 1.95. The van der Waals surface area contributed by atoms with E-state index >= 15 is 0 Å². The average Bonchev–Trinajstić information content (AvgIpc) is 3.27. The minimum Gasteiger partial charge on any atom is -0.349 e. The highest BCUT2D eigenvalue weighted by Crippen LogP contribution is 2.27. The zero-order valence-corrected chi connectivity index (χ0v) is 13.5. The van der Waals surface area contributed by atoms with E-state index in [-0.39, 0.29) is 15.6 Å². The number of hydrogen-bond donors (Lipinski definition) is 2. The van der Waals surface area contributed by atoms with Gasteiger partial charge < -0.3 is 10.6 Å². The standard InChI is InChI=1S/C15H16Cl2N2O3/c1-8(13(20)15(22)18-7-9-5-6-9)19-14(21)12-10(16)3-2-4-11(12)17/h2-4,8-9H,5-7H2,1H3,(H,18,22)(H,19,21). The summed E-state index contributed by atoms with van der Waals surface area (Å²) in [6.07, 6.45) is 2.15. The number of nitrogens with one attached hydrogen (secondary N) is 2. The minimum absolute atomic E-state index is 0.0869. The number of hydrogen-bond acceptors (Lipinski definition) is 3. The van der Waals surface area contributed by atoms with E-state index < -0.39 is 23.6 Å². The molecule has 0 aliphatic heterocycles. The van der Waals surface area contributed by atoms with Crippen molar-refractivity contribution in [3.8, 4) is 0 Å². The van der Waals surface area contributed by atoms with Gasteiger partial charge in [-0.15, -0.1) is 0 Å². The number of carbonyl (C=O) groups excluding carboxylic acids is 3. The molecule has 1 saturated carbocycles. The van der Waals surface area contributed by atoms with Crippen molar-refractivity contribution in [2.45, 2.75) is 25.8 Å². The van der Waals surface area contributed by atoms with Gasteiger partial charge in [0.25, 0.3) is 11.8 Å². The van der Waals surface area contributed by atoms with Gasteiger partial charge in [-0.1, -0.05) is 29.3 Å². The Morgan fingerprint density at radius 2 is 1.82 bits per heavy atom. The first-order chi connectivity index (χ1) is 10.4. The third-order valence-corrected chi connectivity index (χ3v) is 4.03. The molecule has 0 heterocycles. The van der Waals surface area contributed by atoms with Crippen LogP contribution < -0.4 is 10.6 Å². The molecule has 1 fully saturated rings. The van der Waals surface area contributed by atoms with Crippen LogP contribution in [0.5, 0.6) is 0 Å². The molecule has 1 unspecified atom stereocenters. The molecule has 1 aliphatic rings. The lowest BCUT2D eigenvalue weighted by atomic mass is 10.1. The lowest BCUT2D eigenvalue weighted by Gasteiger charge is -2.14. The van der Waals surface area contributed by atoms with Crippen LogP contribution in [0.4, 0.5) is 0 Å². The Morgan fingerprint density at radius 1 is 1.23 bits per heavy atom. The molecule has 1 aliphatic carbocycles. The summed E-state index contributed by atoms with van der Waals surface area (Å²) in [7, 11) is 0. The largest absolute Gasteiger partial charge is 0.349 e. The fraction of sp³-hybridized carbons (Fsp3) is 0.400. The number of halogens is 2. The Hall–Kier alpha value is -1.59. The molecule has 22 heavy (non-hydrogen) atoms. The van der Waals surface area contributed by atoms with Gasteiger partial charge in [0.05, 0.1) is 21.7 Å². The van der Waals surface area contributed by atoms with Gasteiger partial charge in [-0.05, 0) is 37.8 Å². The monoisotopic (exact) mass is 342 g/mol. The first-order valence-electron chi connectivity index (χ1n) is 6.97. The second-order valence-electron chi connectivity index (χ2n) is 5.31. The highest BCUT2D eigenvalue weighted by atomic mass is 35.5. The van der Waals surface area contributed by atoms with Gasteiger partial charge in [0.2, 0.25) is 5.78 Å². The molecular weight excluding hydrogens is 327 g/mol. The Kier molecular flexibility index (Phi) is 5.42. The highest BCUT2D eigenvalue weighted by Gasteiger charge is 2.27. The molecule has 0 aromatic heterocycles. The van der Waals surface area contributed by atoms with Crippen molar-refractivity contribution in [2.24, 2.45) is 5.92 Å². The van der Waals surface area contributed by atoms with E-state index in [9.17, 15) is 14.4 Å². The van der Waals surface area contributed by atoms with Crippen LogP contribution in [0, 0.1) is 5.92 Å². The van der Waals surface area contributed by atoms with Crippen molar-refractivity contribution >= 4 is 40.8 Å². The van der Waals surface area contributed by atoms with E-state index in [0.29, 0.717) is 12.5 Å². The number of Topliss-reactive ketones (excluding diaryl/α,β-unsaturated/α-hetero) is 1. The lowest BCUT2D eigenvalue weighted by Crippen LogP contribution is -2.46. The molecule has 0 bridgehead atoms. The zero-order valence-electron chi connectivity index (χ0n) is 12.0. The number of amides is 2. The van der Waals surface area contributed by atoms with Crippen LogP contribution >= 0.6 is 23.2 Å². The summed E-state index contributed by atoms with van der Waals surface area (Å²) >= 11 is 11.9. The Morgan fingerprint density at radius 3 is 2.36 bits per heavy atom. The molecule has 0 saturated heterocycles. The Labute approximate surface area is 138 Å². The third-order valence-electron chi connectivity index (χ3n) is 3.40. The van der Waals surface area contributed by atoms with Crippen molar-refractivity contribution in [1.82, 2.24) is 10.6 Å². The molecule has 2 amide bonds. The first-order valence-corrected chi connectivity index (χ1v) is 7.72. The minimum atomic E-state index is -0.959. The average molecular weight is 343 g/mol. The summed E-state index contributed by atoms with van der Waals surface area (Å²) in [5.74, 6) is -1.50. The second kappa shape index (κ2) is 7.11. The van der Waals surface area contributed by atoms with Gasteiger partial charge >= 0.3 is 0 Å². The predicted octanol–water partition coefficient (Wildman–Crippen LogP) is 2.21. The van der Waals surface area contributed by atoms with Crippen molar-refractivity contribution < 1.29 is 14.4 Å². The molecule has 0 radical (unpaired) electrons. The van der Waals surface area contributed by atoms with E-state index in [2.05, 4.69) is 10.6 Å².